The number of aryl methyl sites for hydroxylation is 1. The Morgan fingerprint density at radius 2 is 1.63 bits per heavy atom. The van der Waals surface area contributed by atoms with Crippen molar-refractivity contribution < 1.29 is 9.84 Å². The van der Waals surface area contributed by atoms with Gasteiger partial charge in [0.25, 0.3) is 0 Å². The molecule has 0 saturated heterocycles. The van der Waals surface area contributed by atoms with Crippen LogP contribution in [0, 0.1) is 11.3 Å². The number of ether oxygens (including phenoxy) is 1. The van der Waals surface area contributed by atoms with Crippen LogP contribution in [0.2, 0.25) is 0 Å². The molecule has 1 atom stereocenters. The lowest BCUT2D eigenvalue weighted by atomic mass is 10.1. The minimum Gasteiger partial charge on any atom is -0.457 e. The van der Waals surface area contributed by atoms with Gasteiger partial charge in [0.15, 0.2) is 0 Å². The molecule has 0 aliphatic rings. The third-order valence-electron chi connectivity index (χ3n) is 2.76. The molecule has 0 aliphatic carbocycles. The molecule has 0 fully saturated rings. The van der Waals surface area contributed by atoms with Crippen molar-refractivity contribution in [2.24, 2.45) is 0 Å². The molecule has 1 unspecified atom stereocenters. The summed E-state index contributed by atoms with van der Waals surface area (Å²) >= 11 is 0. The fourth-order valence-corrected chi connectivity index (χ4v) is 1.72. The molecule has 3 heteroatoms. The van der Waals surface area contributed by atoms with Gasteiger partial charge in [0.2, 0.25) is 0 Å². The van der Waals surface area contributed by atoms with Crippen molar-refractivity contribution >= 4 is 0 Å². The Hall–Kier alpha value is -2.31. The maximum absolute atomic E-state index is 9.18. The summed E-state index contributed by atoms with van der Waals surface area (Å²) in [6.07, 6.45) is 0.246. The SMILES string of the molecule is N#CC(O)CCc1ccc(Oc2ccccc2)cc1. The predicted molar refractivity (Wildman–Crippen MR) is 72.9 cm³/mol. The summed E-state index contributed by atoms with van der Waals surface area (Å²) in [6.45, 7) is 0. The van der Waals surface area contributed by atoms with E-state index in [1.165, 1.54) is 0 Å². The van der Waals surface area contributed by atoms with E-state index < -0.39 is 6.10 Å². The lowest BCUT2D eigenvalue weighted by molar-refractivity contribution is 0.220. The van der Waals surface area contributed by atoms with Gasteiger partial charge in [0, 0.05) is 0 Å². The van der Waals surface area contributed by atoms with Gasteiger partial charge in [0.1, 0.15) is 17.6 Å². The van der Waals surface area contributed by atoms with Crippen molar-refractivity contribution in [1.29, 1.82) is 5.26 Å². The molecule has 0 bridgehead atoms. The number of nitrogens with zero attached hydrogens (tertiary/aromatic N) is 1. The minimum absolute atomic E-state index is 0.454. The molecule has 1 N–H and O–H groups in total. The average Bonchev–Trinajstić information content (AvgIpc) is 2.47. The van der Waals surface area contributed by atoms with Gasteiger partial charge in [0.05, 0.1) is 6.07 Å². The second-order valence-electron chi connectivity index (χ2n) is 4.24. The van der Waals surface area contributed by atoms with Gasteiger partial charge in [-0.2, -0.15) is 5.26 Å². The van der Waals surface area contributed by atoms with E-state index in [2.05, 4.69) is 0 Å². The standard InChI is InChI=1S/C16H15NO2/c17-12-14(18)9-6-13-7-10-16(11-8-13)19-15-4-2-1-3-5-15/h1-5,7-8,10-11,14,18H,6,9H2. The first kappa shape index (κ1) is 13.1. The van der Waals surface area contributed by atoms with Gasteiger partial charge >= 0.3 is 0 Å². The zero-order valence-electron chi connectivity index (χ0n) is 10.5. The Bertz CT molecular complexity index is 543. The highest BCUT2D eigenvalue weighted by Crippen LogP contribution is 2.21. The number of hydrogen-bond donors (Lipinski definition) is 1. The predicted octanol–water partition coefficient (Wildman–Crippen LogP) is 3.30. The van der Waals surface area contributed by atoms with Gasteiger partial charge in [-0.25, -0.2) is 0 Å². The van der Waals surface area contributed by atoms with E-state index in [4.69, 9.17) is 10.00 Å². The van der Waals surface area contributed by atoms with E-state index in [0.717, 1.165) is 17.1 Å². The maximum atomic E-state index is 9.18. The summed E-state index contributed by atoms with van der Waals surface area (Å²) in [6, 6.07) is 19.1. The molecule has 19 heavy (non-hydrogen) atoms. The summed E-state index contributed by atoms with van der Waals surface area (Å²) in [4.78, 5) is 0. The largest absolute Gasteiger partial charge is 0.457 e. The first-order chi connectivity index (χ1) is 9.28. The smallest absolute Gasteiger partial charge is 0.140 e. The summed E-state index contributed by atoms with van der Waals surface area (Å²) in [5.41, 5.74) is 1.08. The molecule has 0 amide bonds. The lowest BCUT2D eigenvalue weighted by Gasteiger charge is -2.07. The van der Waals surface area contributed by atoms with Crippen LogP contribution in [0.15, 0.2) is 54.6 Å². The molecule has 0 heterocycles. The fourth-order valence-electron chi connectivity index (χ4n) is 1.72. The topological polar surface area (TPSA) is 53.2 Å². The van der Waals surface area contributed by atoms with Gasteiger partial charge in [-0.05, 0) is 42.7 Å². The van der Waals surface area contributed by atoms with Crippen molar-refractivity contribution in [3.05, 3.63) is 60.2 Å². The molecule has 2 aromatic rings. The Balaban J connectivity index is 1.93. The number of para-hydroxylation sites is 1. The first-order valence-corrected chi connectivity index (χ1v) is 6.17. The molecule has 0 radical (unpaired) electrons. The van der Waals surface area contributed by atoms with Crippen LogP contribution in [0.5, 0.6) is 11.5 Å². The number of benzene rings is 2. The molecular weight excluding hydrogens is 238 g/mol. The molecule has 2 aromatic carbocycles. The van der Waals surface area contributed by atoms with Crippen LogP contribution < -0.4 is 4.74 Å². The highest BCUT2D eigenvalue weighted by Gasteiger charge is 2.02. The van der Waals surface area contributed by atoms with Crippen molar-refractivity contribution in [3.8, 4) is 17.6 Å². The third kappa shape index (κ3) is 4.13. The monoisotopic (exact) mass is 253 g/mol. The van der Waals surface area contributed by atoms with Crippen LogP contribution in [-0.4, -0.2) is 11.2 Å². The van der Waals surface area contributed by atoms with E-state index >= 15 is 0 Å². The van der Waals surface area contributed by atoms with Crippen molar-refractivity contribution in [2.75, 3.05) is 0 Å². The quantitative estimate of drug-likeness (QED) is 0.832. The fraction of sp³-hybridized carbons (Fsp3) is 0.188. The lowest BCUT2D eigenvalue weighted by Crippen LogP contribution is -2.03. The van der Waals surface area contributed by atoms with Crippen molar-refractivity contribution in [2.45, 2.75) is 18.9 Å². The van der Waals surface area contributed by atoms with Gasteiger partial charge in [-0.1, -0.05) is 30.3 Å². The number of hydrogen-bond acceptors (Lipinski definition) is 3. The summed E-state index contributed by atoms with van der Waals surface area (Å²) in [5.74, 6) is 1.57. The summed E-state index contributed by atoms with van der Waals surface area (Å²) < 4.78 is 5.68. The summed E-state index contributed by atoms with van der Waals surface area (Å²) in [5, 5.41) is 17.7. The molecule has 0 aliphatic heterocycles. The van der Waals surface area contributed by atoms with Crippen LogP contribution in [-0.2, 0) is 6.42 Å². The Morgan fingerprint density at radius 1 is 1.00 bits per heavy atom. The van der Waals surface area contributed by atoms with Crippen LogP contribution >= 0.6 is 0 Å². The molecule has 0 spiro atoms. The molecule has 2 rings (SSSR count). The highest BCUT2D eigenvalue weighted by molar-refractivity contribution is 5.33. The third-order valence-corrected chi connectivity index (χ3v) is 2.76. The Kier molecular flexibility index (Phi) is 4.54. The van der Waals surface area contributed by atoms with E-state index in [-0.39, 0.29) is 0 Å². The van der Waals surface area contributed by atoms with Gasteiger partial charge in [-0.3, -0.25) is 0 Å². The number of aliphatic hydroxyl groups excluding tert-OH is 1. The molecule has 3 nitrogen and oxygen atoms in total. The first-order valence-electron chi connectivity index (χ1n) is 6.17. The highest BCUT2D eigenvalue weighted by atomic mass is 16.5. The van der Waals surface area contributed by atoms with Gasteiger partial charge in [-0.15, -0.1) is 0 Å². The van der Waals surface area contributed by atoms with Crippen LogP contribution in [0.3, 0.4) is 0 Å². The molecule has 0 aromatic heterocycles. The minimum atomic E-state index is -0.889. The van der Waals surface area contributed by atoms with Crippen LogP contribution in [0.25, 0.3) is 0 Å². The average molecular weight is 253 g/mol. The van der Waals surface area contributed by atoms with Crippen molar-refractivity contribution in [1.82, 2.24) is 0 Å². The van der Waals surface area contributed by atoms with E-state index in [0.29, 0.717) is 12.8 Å². The number of rotatable bonds is 5. The summed E-state index contributed by atoms with van der Waals surface area (Å²) in [7, 11) is 0. The van der Waals surface area contributed by atoms with Crippen LogP contribution in [0.4, 0.5) is 0 Å². The van der Waals surface area contributed by atoms with E-state index in [9.17, 15) is 5.11 Å². The Labute approximate surface area is 112 Å². The normalized spacial score (nSPS) is 11.6. The van der Waals surface area contributed by atoms with Crippen molar-refractivity contribution in [3.63, 3.8) is 0 Å². The maximum Gasteiger partial charge on any atom is 0.140 e. The van der Waals surface area contributed by atoms with E-state index in [1.54, 1.807) is 0 Å². The molecule has 0 saturated carbocycles. The zero-order valence-corrected chi connectivity index (χ0v) is 10.5. The van der Waals surface area contributed by atoms with E-state index in [1.807, 2.05) is 60.7 Å². The van der Waals surface area contributed by atoms with Crippen LogP contribution in [0.1, 0.15) is 12.0 Å². The number of aliphatic hydroxyl groups is 1. The molecule has 96 valence electrons. The Morgan fingerprint density at radius 3 is 2.26 bits per heavy atom. The van der Waals surface area contributed by atoms with Gasteiger partial charge < -0.3 is 9.84 Å². The molecular formula is C16H15NO2. The second kappa shape index (κ2) is 6.58. The zero-order chi connectivity index (χ0) is 13.5. The second-order valence-corrected chi connectivity index (χ2v) is 4.24. The number of nitriles is 1.